The van der Waals surface area contributed by atoms with Crippen molar-refractivity contribution in [1.82, 2.24) is 4.90 Å². The van der Waals surface area contributed by atoms with E-state index in [-0.39, 0.29) is 42.1 Å². The lowest BCUT2D eigenvalue weighted by atomic mass is 9.90. The lowest BCUT2D eigenvalue weighted by Crippen LogP contribution is -2.38. The van der Waals surface area contributed by atoms with Gasteiger partial charge < -0.3 is 19.5 Å². The van der Waals surface area contributed by atoms with Crippen LogP contribution in [0.1, 0.15) is 17.5 Å². The molecule has 0 atom stereocenters. The summed E-state index contributed by atoms with van der Waals surface area (Å²) >= 11 is 0. The maximum atomic E-state index is 13.7. The second kappa shape index (κ2) is 8.62. The molecule has 11 heteroatoms. The summed E-state index contributed by atoms with van der Waals surface area (Å²) in [5.41, 5.74) is 0.644. The van der Waals surface area contributed by atoms with Gasteiger partial charge in [-0.25, -0.2) is 4.39 Å². The number of amides is 1. The van der Waals surface area contributed by atoms with E-state index in [1.807, 2.05) is 0 Å². The van der Waals surface area contributed by atoms with Gasteiger partial charge in [0.25, 0.3) is 5.91 Å². The molecule has 0 saturated carbocycles. The van der Waals surface area contributed by atoms with Gasteiger partial charge in [0.05, 0.1) is 31.7 Å². The minimum absolute atomic E-state index is 0.145. The molecule has 0 unspecified atom stereocenters. The molecule has 2 aliphatic heterocycles. The first-order valence-electron chi connectivity index (χ1n) is 10.1. The zero-order valence-electron chi connectivity index (χ0n) is 17.5. The highest BCUT2D eigenvalue weighted by Crippen LogP contribution is 2.44. The molecule has 0 spiro atoms. The number of aliphatic carboxylic acids is 1. The van der Waals surface area contributed by atoms with Crippen molar-refractivity contribution in [1.29, 1.82) is 0 Å². The first kappa shape index (κ1) is 23.5. The number of likely N-dealkylation sites (tertiary alicyclic amines) is 1. The minimum Gasteiger partial charge on any atom is -0.493 e. The first-order valence-corrected chi connectivity index (χ1v) is 10.1. The van der Waals surface area contributed by atoms with E-state index < -0.39 is 42.6 Å². The van der Waals surface area contributed by atoms with Crippen LogP contribution in [-0.2, 0) is 9.59 Å². The lowest BCUT2D eigenvalue weighted by Gasteiger charge is -2.27. The number of carboxylic acids is 1. The molecule has 0 radical (unpaired) electrons. The fourth-order valence-corrected chi connectivity index (χ4v) is 3.78. The first-order chi connectivity index (χ1) is 16.0. The molecule has 2 aliphatic rings. The molecule has 1 amide bonds. The molecule has 6 nitrogen and oxygen atoms in total. The monoisotopic (exact) mass is 483 g/mol. The van der Waals surface area contributed by atoms with Crippen molar-refractivity contribution >= 4 is 17.4 Å². The average molecular weight is 483 g/mol. The van der Waals surface area contributed by atoms with Crippen molar-refractivity contribution < 1.29 is 46.1 Å². The molecular formula is C23H18F5NO5. The van der Waals surface area contributed by atoms with E-state index >= 15 is 0 Å². The number of alkyl halides is 4. The Bertz CT molecular complexity index is 1150. The van der Waals surface area contributed by atoms with Gasteiger partial charge in [0.15, 0.2) is 0 Å². The number of rotatable bonds is 6. The predicted octanol–water partition coefficient (Wildman–Crippen LogP) is 3.99. The van der Waals surface area contributed by atoms with Gasteiger partial charge in [-0.3, -0.25) is 9.59 Å². The third-order valence-corrected chi connectivity index (χ3v) is 5.47. The van der Waals surface area contributed by atoms with Crippen molar-refractivity contribution in [3.8, 4) is 11.5 Å². The van der Waals surface area contributed by atoms with Crippen LogP contribution < -0.4 is 9.47 Å². The summed E-state index contributed by atoms with van der Waals surface area (Å²) in [6.07, 6.45) is -0.268. The predicted molar refractivity (Wildman–Crippen MR) is 109 cm³/mol. The molecule has 34 heavy (non-hydrogen) atoms. The van der Waals surface area contributed by atoms with E-state index in [0.29, 0.717) is 16.2 Å². The van der Waals surface area contributed by atoms with Crippen LogP contribution in [0.25, 0.3) is 5.57 Å². The van der Waals surface area contributed by atoms with Crippen molar-refractivity contribution in [2.24, 2.45) is 0 Å². The molecule has 2 aromatic carbocycles. The molecule has 1 fully saturated rings. The quantitative estimate of drug-likeness (QED) is 0.629. The van der Waals surface area contributed by atoms with Crippen LogP contribution in [-0.4, -0.2) is 60.0 Å². The highest BCUT2D eigenvalue weighted by molar-refractivity contribution is 6.06. The van der Waals surface area contributed by atoms with E-state index in [1.165, 1.54) is 30.3 Å². The third-order valence-electron chi connectivity index (χ3n) is 5.47. The number of ether oxygens (including phenoxy) is 2. The fourth-order valence-electron chi connectivity index (χ4n) is 3.78. The average Bonchev–Trinajstić information content (AvgIpc) is 2.99. The van der Waals surface area contributed by atoms with E-state index in [4.69, 9.17) is 14.6 Å². The topological polar surface area (TPSA) is 76.1 Å². The van der Waals surface area contributed by atoms with Crippen LogP contribution in [0.5, 0.6) is 11.5 Å². The summed E-state index contributed by atoms with van der Waals surface area (Å²) in [5.74, 6) is -10.9. The molecule has 2 aromatic rings. The number of carboxylic acid groups (broad SMARTS) is 1. The van der Waals surface area contributed by atoms with E-state index in [1.54, 1.807) is 0 Å². The molecule has 1 saturated heterocycles. The Morgan fingerprint density at radius 1 is 1.03 bits per heavy atom. The molecule has 4 rings (SSSR count). The molecular weight excluding hydrogens is 465 g/mol. The Morgan fingerprint density at radius 2 is 1.68 bits per heavy atom. The summed E-state index contributed by atoms with van der Waals surface area (Å²) in [6.45, 7) is -3.44. The minimum atomic E-state index is -4.38. The van der Waals surface area contributed by atoms with Crippen molar-refractivity contribution in [3.05, 3.63) is 65.0 Å². The molecule has 1 N–H and O–H groups in total. The van der Waals surface area contributed by atoms with Crippen molar-refractivity contribution in [2.45, 2.75) is 18.3 Å². The summed E-state index contributed by atoms with van der Waals surface area (Å²) in [7, 11) is 0. The maximum Gasteiger partial charge on any atom is 0.329 e. The van der Waals surface area contributed by atoms with E-state index in [0.717, 1.165) is 12.1 Å². The highest BCUT2D eigenvalue weighted by Gasteiger charge is 2.64. The smallest absolute Gasteiger partial charge is 0.329 e. The molecule has 180 valence electrons. The van der Waals surface area contributed by atoms with Gasteiger partial charge in [0.2, 0.25) is 0 Å². The largest absolute Gasteiger partial charge is 0.493 e. The van der Waals surface area contributed by atoms with E-state index in [9.17, 15) is 31.5 Å². The highest BCUT2D eigenvalue weighted by atomic mass is 19.3. The van der Waals surface area contributed by atoms with Crippen LogP contribution in [0.3, 0.4) is 0 Å². The Morgan fingerprint density at radius 3 is 2.29 bits per heavy atom. The Kier molecular flexibility index (Phi) is 5.96. The van der Waals surface area contributed by atoms with E-state index in [2.05, 4.69) is 0 Å². The summed E-state index contributed by atoms with van der Waals surface area (Å²) in [4.78, 5) is 24.2. The number of hydrogen-bond acceptors (Lipinski definition) is 4. The maximum absolute atomic E-state index is 13.7. The summed E-state index contributed by atoms with van der Waals surface area (Å²) in [5, 5.41) is 8.78. The number of hydrogen-bond donors (Lipinski definition) is 1. The second-order valence-electron chi connectivity index (χ2n) is 7.87. The summed E-state index contributed by atoms with van der Waals surface area (Å²) < 4.78 is 79.5. The van der Waals surface area contributed by atoms with Crippen LogP contribution in [0.4, 0.5) is 22.0 Å². The number of carbonyl (C=O) groups is 2. The Labute approximate surface area is 190 Å². The number of carbonyl (C=O) groups excluding carboxylic acids is 1. The van der Waals surface area contributed by atoms with Gasteiger partial charge in [-0.05, 0) is 35.9 Å². The SMILES string of the molecule is O=C(O)CCOc1ccc2c(c1)C(c1ccc(F)cc1)=C(C(=O)N1CC(F)(F)C(F)(F)C1)CO2. The number of benzene rings is 2. The lowest BCUT2D eigenvalue weighted by molar-refractivity contribution is -0.172. The number of halogens is 5. The fraction of sp³-hybridized carbons (Fsp3) is 0.304. The van der Waals surface area contributed by atoms with Crippen LogP contribution in [0.2, 0.25) is 0 Å². The molecule has 0 bridgehead atoms. The summed E-state index contributed by atoms with van der Waals surface area (Å²) in [6, 6.07) is 9.45. The second-order valence-corrected chi connectivity index (χ2v) is 7.87. The van der Waals surface area contributed by atoms with Gasteiger partial charge in [-0.15, -0.1) is 0 Å². The number of nitrogens with zero attached hydrogens (tertiary/aromatic N) is 1. The van der Waals surface area contributed by atoms with Gasteiger partial charge in [-0.1, -0.05) is 12.1 Å². The Balaban J connectivity index is 1.77. The van der Waals surface area contributed by atoms with Crippen LogP contribution in [0, 0.1) is 5.82 Å². The van der Waals surface area contributed by atoms with Gasteiger partial charge in [-0.2, -0.15) is 17.6 Å². The van der Waals surface area contributed by atoms with Crippen molar-refractivity contribution in [3.63, 3.8) is 0 Å². The normalized spacial score (nSPS) is 18.3. The zero-order valence-corrected chi connectivity index (χ0v) is 17.5. The molecule has 2 heterocycles. The molecule has 0 aromatic heterocycles. The standard InChI is InChI=1S/C23H18F5NO5/c24-14-3-1-13(2-4-14)20-16-9-15(33-8-7-19(30)31)5-6-18(16)34-10-17(20)21(32)29-11-22(25,26)23(27,28)12-29/h1-6,9H,7-8,10-12H2,(H,30,31). The van der Waals surface area contributed by atoms with Crippen molar-refractivity contribution in [2.75, 3.05) is 26.3 Å². The number of fused-ring (bicyclic) bond motifs is 1. The zero-order chi connectivity index (χ0) is 24.7. The molecule has 0 aliphatic carbocycles. The Hall–Kier alpha value is -3.63. The van der Waals surface area contributed by atoms with Crippen LogP contribution >= 0.6 is 0 Å². The van der Waals surface area contributed by atoms with Crippen LogP contribution in [0.15, 0.2) is 48.0 Å². The van der Waals surface area contributed by atoms with Gasteiger partial charge in [0, 0.05) is 11.1 Å². The third kappa shape index (κ3) is 4.42. The van der Waals surface area contributed by atoms with Gasteiger partial charge in [0.1, 0.15) is 23.9 Å². The van der Waals surface area contributed by atoms with Gasteiger partial charge >= 0.3 is 17.8 Å².